The third-order valence-corrected chi connectivity index (χ3v) is 7.55. The molecular weight excluding hydrogens is 308 g/mol. The highest BCUT2D eigenvalue weighted by atomic mass is 16.2. The lowest BCUT2D eigenvalue weighted by atomic mass is 9.91. The minimum Gasteiger partial charge on any atom is -0.308 e. The van der Waals surface area contributed by atoms with Crippen molar-refractivity contribution in [3.63, 3.8) is 0 Å². The van der Waals surface area contributed by atoms with Crippen LogP contribution >= 0.6 is 0 Å². The first-order valence-electron chi connectivity index (χ1n) is 10.4. The number of hydrogen-bond donors (Lipinski definition) is 0. The van der Waals surface area contributed by atoms with Crippen LogP contribution in [0.4, 0.5) is 5.69 Å². The van der Waals surface area contributed by atoms with Crippen molar-refractivity contribution in [2.24, 2.45) is 11.8 Å². The number of anilines is 1. The predicted molar refractivity (Wildman–Crippen MR) is 101 cm³/mol. The molecule has 1 amide bonds. The van der Waals surface area contributed by atoms with Gasteiger partial charge in [0.15, 0.2) is 0 Å². The van der Waals surface area contributed by atoms with E-state index in [1.165, 1.54) is 50.0 Å². The number of nitrogens with zero attached hydrogens (tertiary/aromatic N) is 2. The summed E-state index contributed by atoms with van der Waals surface area (Å²) >= 11 is 0. The van der Waals surface area contributed by atoms with Gasteiger partial charge in [0.2, 0.25) is 5.91 Å². The standard InChI is InChI=1S/C22H30N2O/c1-2-18-19-5-3-4-6-20(19)24(22(18)25)17-9-11-23(12-10-17)21-14-15-7-8-16(21)13-15/h3-6,15-18,21H,2,7-14H2,1H3. The van der Waals surface area contributed by atoms with E-state index in [9.17, 15) is 4.79 Å². The van der Waals surface area contributed by atoms with Crippen molar-refractivity contribution in [3.8, 4) is 0 Å². The summed E-state index contributed by atoms with van der Waals surface area (Å²) in [7, 11) is 0. The number of piperidine rings is 1. The highest BCUT2D eigenvalue weighted by molar-refractivity contribution is 6.05. The van der Waals surface area contributed by atoms with Crippen molar-refractivity contribution < 1.29 is 4.79 Å². The second kappa shape index (κ2) is 6.12. The van der Waals surface area contributed by atoms with Crippen molar-refractivity contribution in [2.75, 3.05) is 18.0 Å². The van der Waals surface area contributed by atoms with Gasteiger partial charge in [-0.05, 0) is 62.0 Å². The number of benzene rings is 1. The molecule has 4 atom stereocenters. The Morgan fingerprint density at radius 3 is 2.52 bits per heavy atom. The van der Waals surface area contributed by atoms with Gasteiger partial charge in [-0.25, -0.2) is 0 Å². The van der Waals surface area contributed by atoms with E-state index in [0.29, 0.717) is 11.9 Å². The fourth-order valence-electron chi connectivity index (χ4n) is 6.33. The molecule has 2 heterocycles. The zero-order chi connectivity index (χ0) is 17.0. The quantitative estimate of drug-likeness (QED) is 0.825. The van der Waals surface area contributed by atoms with Gasteiger partial charge in [-0.1, -0.05) is 31.5 Å². The fourth-order valence-corrected chi connectivity index (χ4v) is 6.33. The predicted octanol–water partition coefficient (Wildman–Crippen LogP) is 4.18. The smallest absolute Gasteiger partial charge is 0.234 e. The van der Waals surface area contributed by atoms with E-state index in [4.69, 9.17) is 0 Å². The van der Waals surface area contributed by atoms with Gasteiger partial charge in [0.1, 0.15) is 0 Å². The third-order valence-electron chi connectivity index (χ3n) is 7.55. The fraction of sp³-hybridized carbons (Fsp3) is 0.682. The molecule has 134 valence electrons. The monoisotopic (exact) mass is 338 g/mol. The average molecular weight is 338 g/mol. The molecule has 1 aromatic carbocycles. The minimum absolute atomic E-state index is 0.0831. The molecule has 4 unspecified atom stereocenters. The minimum atomic E-state index is 0.0831. The van der Waals surface area contributed by atoms with Crippen LogP contribution in [0.5, 0.6) is 0 Å². The topological polar surface area (TPSA) is 23.6 Å². The van der Waals surface area contributed by atoms with Crippen molar-refractivity contribution in [2.45, 2.75) is 69.9 Å². The maximum atomic E-state index is 13.0. The van der Waals surface area contributed by atoms with E-state index in [1.807, 2.05) is 0 Å². The number of likely N-dealkylation sites (tertiary alicyclic amines) is 1. The van der Waals surface area contributed by atoms with E-state index < -0.39 is 0 Å². The molecule has 25 heavy (non-hydrogen) atoms. The molecule has 0 radical (unpaired) electrons. The summed E-state index contributed by atoms with van der Waals surface area (Å²) in [5, 5.41) is 0. The van der Waals surface area contributed by atoms with Crippen molar-refractivity contribution >= 4 is 11.6 Å². The summed E-state index contributed by atoms with van der Waals surface area (Å²) in [6.07, 6.45) is 9.07. The molecule has 3 fully saturated rings. The summed E-state index contributed by atoms with van der Waals surface area (Å²) in [5.41, 5.74) is 2.45. The second-order valence-corrected chi connectivity index (χ2v) is 8.74. The van der Waals surface area contributed by atoms with Gasteiger partial charge < -0.3 is 4.90 Å². The molecule has 1 saturated heterocycles. The lowest BCUT2D eigenvalue weighted by Gasteiger charge is -2.42. The van der Waals surface area contributed by atoms with Gasteiger partial charge in [0, 0.05) is 30.9 Å². The highest BCUT2D eigenvalue weighted by Gasteiger charge is 2.45. The lowest BCUT2D eigenvalue weighted by molar-refractivity contribution is -0.120. The molecule has 0 spiro atoms. The molecule has 3 heteroatoms. The molecule has 0 N–H and O–H groups in total. The van der Waals surface area contributed by atoms with Crippen LogP contribution in [0.1, 0.15) is 63.4 Å². The molecular formula is C22H30N2O. The summed E-state index contributed by atoms with van der Waals surface area (Å²) in [5.74, 6) is 2.42. The molecule has 3 nitrogen and oxygen atoms in total. The summed E-state index contributed by atoms with van der Waals surface area (Å²) in [6, 6.07) is 9.74. The Balaban J connectivity index is 1.30. The molecule has 2 bridgehead atoms. The number of para-hydroxylation sites is 1. The summed E-state index contributed by atoms with van der Waals surface area (Å²) in [4.78, 5) is 18.0. The van der Waals surface area contributed by atoms with Gasteiger partial charge in [-0.15, -0.1) is 0 Å². The van der Waals surface area contributed by atoms with Crippen LogP contribution in [0.3, 0.4) is 0 Å². The van der Waals surface area contributed by atoms with Crippen molar-refractivity contribution in [1.82, 2.24) is 4.90 Å². The van der Waals surface area contributed by atoms with Crippen LogP contribution in [0.25, 0.3) is 0 Å². The van der Waals surface area contributed by atoms with E-state index in [0.717, 1.165) is 37.1 Å². The summed E-state index contributed by atoms with van der Waals surface area (Å²) < 4.78 is 0. The van der Waals surface area contributed by atoms with Gasteiger partial charge in [-0.3, -0.25) is 9.69 Å². The third kappa shape index (κ3) is 2.46. The van der Waals surface area contributed by atoms with Gasteiger partial charge in [-0.2, -0.15) is 0 Å². The largest absolute Gasteiger partial charge is 0.308 e. The van der Waals surface area contributed by atoms with E-state index >= 15 is 0 Å². The molecule has 1 aromatic rings. The van der Waals surface area contributed by atoms with Crippen LogP contribution in [0.2, 0.25) is 0 Å². The molecule has 2 saturated carbocycles. The Kier molecular flexibility index (Phi) is 3.89. The zero-order valence-electron chi connectivity index (χ0n) is 15.4. The molecule has 0 aromatic heterocycles. The first kappa shape index (κ1) is 15.9. The number of carbonyl (C=O) groups excluding carboxylic acids is 1. The molecule has 5 rings (SSSR count). The van der Waals surface area contributed by atoms with Crippen molar-refractivity contribution in [1.29, 1.82) is 0 Å². The SMILES string of the molecule is CCC1C(=O)N(C2CCN(C3CC4CCC3C4)CC2)c2ccccc21. The normalized spacial score (nSPS) is 35.6. The zero-order valence-corrected chi connectivity index (χ0v) is 15.4. The van der Waals surface area contributed by atoms with Gasteiger partial charge in [0.05, 0.1) is 5.92 Å². The Morgan fingerprint density at radius 2 is 1.84 bits per heavy atom. The van der Waals surface area contributed by atoms with Crippen LogP contribution < -0.4 is 4.90 Å². The number of amides is 1. The van der Waals surface area contributed by atoms with Crippen LogP contribution in [-0.2, 0) is 4.79 Å². The van der Waals surface area contributed by atoms with Gasteiger partial charge >= 0.3 is 0 Å². The van der Waals surface area contributed by atoms with Crippen LogP contribution in [0.15, 0.2) is 24.3 Å². The second-order valence-electron chi connectivity index (χ2n) is 8.74. The van der Waals surface area contributed by atoms with E-state index in [2.05, 4.69) is 41.0 Å². The highest BCUT2D eigenvalue weighted by Crippen LogP contribution is 2.47. The maximum Gasteiger partial charge on any atom is 0.234 e. The molecule has 4 aliphatic rings. The first-order chi connectivity index (χ1) is 12.3. The Hall–Kier alpha value is -1.35. The van der Waals surface area contributed by atoms with Crippen molar-refractivity contribution in [3.05, 3.63) is 29.8 Å². The summed E-state index contributed by atoms with van der Waals surface area (Å²) in [6.45, 7) is 4.50. The average Bonchev–Trinajstić information content (AvgIpc) is 3.34. The molecule has 2 aliphatic carbocycles. The number of hydrogen-bond acceptors (Lipinski definition) is 2. The van der Waals surface area contributed by atoms with E-state index in [1.54, 1.807) is 0 Å². The van der Waals surface area contributed by atoms with Crippen LogP contribution in [-0.4, -0.2) is 36.0 Å². The first-order valence-corrected chi connectivity index (χ1v) is 10.4. The van der Waals surface area contributed by atoms with Crippen LogP contribution in [0, 0.1) is 11.8 Å². The number of fused-ring (bicyclic) bond motifs is 3. The number of rotatable bonds is 3. The number of carbonyl (C=O) groups is 1. The Morgan fingerprint density at radius 1 is 1.04 bits per heavy atom. The maximum absolute atomic E-state index is 13.0. The molecule has 2 aliphatic heterocycles. The Labute approximate surface area is 151 Å². The lowest BCUT2D eigenvalue weighted by Crippen LogP contribution is -2.50. The Bertz CT molecular complexity index is 664. The van der Waals surface area contributed by atoms with Gasteiger partial charge in [0.25, 0.3) is 0 Å². The van der Waals surface area contributed by atoms with E-state index in [-0.39, 0.29) is 5.92 Å².